The maximum atomic E-state index is 12.3. The molecule has 6 heteroatoms. The summed E-state index contributed by atoms with van der Waals surface area (Å²) in [6.07, 6.45) is 5.71. The molecule has 1 N–H and O–H groups in total. The zero-order chi connectivity index (χ0) is 23.4. The minimum atomic E-state index is -1.07. The molecule has 4 aromatic rings. The lowest BCUT2D eigenvalue weighted by molar-refractivity contribution is -0.151. The Hall–Kier alpha value is -3.28. The van der Waals surface area contributed by atoms with Gasteiger partial charge in [-0.3, -0.25) is 0 Å². The minimum Gasteiger partial charge on any atom is -0.479 e. The van der Waals surface area contributed by atoms with Gasteiger partial charge in [-0.2, -0.15) is 0 Å². The Morgan fingerprint density at radius 1 is 1.06 bits per heavy atom. The Morgan fingerprint density at radius 3 is 2.45 bits per heavy atom. The second kappa shape index (κ2) is 10.1. The van der Waals surface area contributed by atoms with Crippen LogP contribution in [0.3, 0.4) is 0 Å². The molecule has 3 aromatic carbocycles. The van der Waals surface area contributed by atoms with E-state index in [1.807, 2.05) is 62.4 Å². The predicted molar refractivity (Wildman–Crippen MR) is 131 cm³/mol. The summed E-state index contributed by atoms with van der Waals surface area (Å²) < 4.78 is 5.91. The maximum absolute atomic E-state index is 12.3. The van der Waals surface area contributed by atoms with Gasteiger partial charge < -0.3 is 9.84 Å². The van der Waals surface area contributed by atoms with Gasteiger partial charge in [0.05, 0.1) is 0 Å². The smallest absolute Gasteiger partial charge is 0.337 e. The molecule has 0 aliphatic rings. The highest BCUT2D eigenvalue weighted by molar-refractivity contribution is 6.30. The number of halogens is 1. The van der Waals surface area contributed by atoms with Crippen molar-refractivity contribution in [2.45, 2.75) is 32.8 Å². The molecule has 4 rings (SSSR count). The third-order valence-corrected chi connectivity index (χ3v) is 5.96. The fourth-order valence-electron chi connectivity index (χ4n) is 4.15. The molecule has 0 saturated carbocycles. The number of hydrogen-bond acceptors (Lipinski definition) is 4. The van der Waals surface area contributed by atoms with Crippen LogP contribution < -0.4 is 0 Å². The van der Waals surface area contributed by atoms with E-state index in [-0.39, 0.29) is 0 Å². The Bertz CT molecular complexity index is 1270. The predicted octanol–water partition coefficient (Wildman–Crippen LogP) is 6.87. The molecule has 1 aromatic heterocycles. The van der Waals surface area contributed by atoms with E-state index in [1.165, 1.54) is 6.33 Å². The van der Waals surface area contributed by atoms with Gasteiger partial charge >= 0.3 is 5.97 Å². The van der Waals surface area contributed by atoms with Crippen LogP contribution in [-0.2, 0) is 9.53 Å². The van der Waals surface area contributed by atoms with E-state index in [4.69, 9.17) is 16.3 Å². The molecular formula is C27H25ClN2O3. The molecule has 1 unspecified atom stereocenters. The number of ether oxygens (including phenoxy) is 1. The monoisotopic (exact) mass is 460 g/mol. The molecule has 0 bridgehead atoms. The van der Waals surface area contributed by atoms with Gasteiger partial charge in [-0.15, -0.1) is 0 Å². The van der Waals surface area contributed by atoms with Crippen molar-refractivity contribution >= 4 is 28.3 Å². The van der Waals surface area contributed by atoms with Crippen LogP contribution in [0, 0.1) is 6.92 Å². The van der Waals surface area contributed by atoms with Crippen molar-refractivity contribution in [3.63, 3.8) is 0 Å². The number of carboxylic acid groups (broad SMARTS) is 1. The highest BCUT2D eigenvalue weighted by atomic mass is 35.5. The highest BCUT2D eigenvalue weighted by Crippen LogP contribution is 2.42. The molecule has 0 saturated heterocycles. The van der Waals surface area contributed by atoms with Gasteiger partial charge in [0.2, 0.25) is 0 Å². The quantitative estimate of drug-likeness (QED) is 0.290. The molecular weight excluding hydrogens is 436 g/mol. The molecule has 33 heavy (non-hydrogen) atoms. The normalized spacial score (nSPS) is 12.1. The van der Waals surface area contributed by atoms with Crippen molar-refractivity contribution < 1.29 is 14.6 Å². The van der Waals surface area contributed by atoms with Crippen molar-refractivity contribution in [1.82, 2.24) is 9.97 Å². The van der Waals surface area contributed by atoms with Crippen LogP contribution in [0.15, 0.2) is 67.3 Å². The average molecular weight is 461 g/mol. The number of hydrogen-bond donors (Lipinski definition) is 1. The minimum absolute atomic E-state index is 0.381. The van der Waals surface area contributed by atoms with E-state index in [1.54, 1.807) is 12.4 Å². The summed E-state index contributed by atoms with van der Waals surface area (Å²) in [7, 11) is 0. The first-order chi connectivity index (χ1) is 16.0. The number of aliphatic carboxylic acids is 1. The summed E-state index contributed by atoms with van der Waals surface area (Å²) in [5.41, 5.74) is 5.11. The lowest BCUT2D eigenvalue weighted by Crippen LogP contribution is -2.18. The van der Waals surface area contributed by atoms with Crippen LogP contribution in [0.1, 0.15) is 37.0 Å². The number of fused-ring (bicyclic) bond motifs is 1. The topological polar surface area (TPSA) is 72.3 Å². The van der Waals surface area contributed by atoms with Crippen LogP contribution >= 0.6 is 11.6 Å². The van der Waals surface area contributed by atoms with Crippen molar-refractivity contribution in [2.24, 2.45) is 0 Å². The molecule has 0 fully saturated rings. The Balaban J connectivity index is 2.03. The molecule has 1 heterocycles. The van der Waals surface area contributed by atoms with Crippen molar-refractivity contribution in [3.8, 4) is 22.3 Å². The number of rotatable bonds is 8. The number of carboxylic acids is 1. The molecule has 168 valence electrons. The largest absolute Gasteiger partial charge is 0.479 e. The summed E-state index contributed by atoms with van der Waals surface area (Å²) >= 11 is 6.16. The first-order valence-electron chi connectivity index (χ1n) is 10.9. The van der Waals surface area contributed by atoms with E-state index in [2.05, 4.69) is 9.97 Å². The third kappa shape index (κ3) is 4.75. The van der Waals surface area contributed by atoms with Crippen LogP contribution in [0.5, 0.6) is 0 Å². The first kappa shape index (κ1) is 22.9. The SMILES string of the molecule is CCCCOC(C(=O)O)c1c(C)cc2c(-c3cncnc3)cccc2c1-c1ccc(Cl)cc1. The number of benzene rings is 3. The Labute approximate surface area is 198 Å². The summed E-state index contributed by atoms with van der Waals surface area (Å²) in [5, 5.41) is 12.7. The van der Waals surface area contributed by atoms with E-state index < -0.39 is 12.1 Å². The van der Waals surface area contributed by atoms with Gasteiger partial charge in [0.15, 0.2) is 6.10 Å². The van der Waals surface area contributed by atoms with Gasteiger partial charge in [0.1, 0.15) is 6.33 Å². The Morgan fingerprint density at radius 2 is 1.79 bits per heavy atom. The Kier molecular flexibility index (Phi) is 7.02. The fraction of sp³-hybridized carbons (Fsp3) is 0.222. The molecule has 0 spiro atoms. The number of aromatic nitrogens is 2. The van der Waals surface area contributed by atoms with Crippen molar-refractivity contribution in [1.29, 1.82) is 0 Å². The lowest BCUT2D eigenvalue weighted by Gasteiger charge is -2.23. The van der Waals surface area contributed by atoms with E-state index in [0.717, 1.165) is 51.4 Å². The lowest BCUT2D eigenvalue weighted by atomic mass is 9.85. The van der Waals surface area contributed by atoms with Crippen LogP contribution in [0.4, 0.5) is 0 Å². The molecule has 0 radical (unpaired) electrons. The average Bonchev–Trinajstić information content (AvgIpc) is 2.82. The zero-order valence-electron chi connectivity index (χ0n) is 18.6. The van der Waals surface area contributed by atoms with Gasteiger partial charge in [0.25, 0.3) is 0 Å². The van der Waals surface area contributed by atoms with E-state index in [0.29, 0.717) is 17.2 Å². The standard InChI is InChI=1S/C27H25ClN2O3/c1-3-4-12-33-26(27(31)32)24-17(2)13-23-21(19-14-29-16-30-15-19)6-5-7-22(23)25(24)18-8-10-20(28)11-9-18/h5-11,13-16,26H,3-4,12H2,1-2H3,(H,31,32). The van der Waals surface area contributed by atoms with Gasteiger partial charge in [-0.25, -0.2) is 14.8 Å². The summed E-state index contributed by atoms with van der Waals surface area (Å²) in [6.45, 7) is 4.37. The number of unbranched alkanes of at least 4 members (excludes halogenated alkanes) is 1. The third-order valence-electron chi connectivity index (χ3n) is 5.70. The van der Waals surface area contributed by atoms with Crippen LogP contribution in [0.2, 0.25) is 5.02 Å². The van der Waals surface area contributed by atoms with Gasteiger partial charge in [0, 0.05) is 35.2 Å². The van der Waals surface area contributed by atoms with Gasteiger partial charge in [-0.05, 0) is 58.5 Å². The number of carbonyl (C=O) groups is 1. The van der Waals surface area contributed by atoms with Crippen molar-refractivity contribution in [2.75, 3.05) is 6.61 Å². The fourth-order valence-corrected chi connectivity index (χ4v) is 4.28. The van der Waals surface area contributed by atoms with Crippen LogP contribution in [0.25, 0.3) is 33.0 Å². The van der Waals surface area contributed by atoms with Gasteiger partial charge in [-0.1, -0.05) is 61.3 Å². The zero-order valence-corrected chi connectivity index (χ0v) is 19.3. The summed E-state index contributed by atoms with van der Waals surface area (Å²) in [5.74, 6) is -1.00. The maximum Gasteiger partial charge on any atom is 0.337 e. The molecule has 1 atom stereocenters. The summed E-state index contributed by atoms with van der Waals surface area (Å²) in [6, 6.07) is 15.5. The second-order valence-electron chi connectivity index (χ2n) is 7.96. The molecule has 5 nitrogen and oxygen atoms in total. The molecule has 0 aliphatic carbocycles. The number of nitrogens with zero attached hydrogens (tertiary/aromatic N) is 2. The molecule has 0 aliphatic heterocycles. The molecule has 0 amide bonds. The van der Waals surface area contributed by atoms with E-state index >= 15 is 0 Å². The summed E-state index contributed by atoms with van der Waals surface area (Å²) in [4.78, 5) is 20.7. The number of aryl methyl sites for hydroxylation is 1. The first-order valence-corrected chi connectivity index (χ1v) is 11.3. The van der Waals surface area contributed by atoms with E-state index in [9.17, 15) is 9.90 Å². The highest BCUT2D eigenvalue weighted by Gasteiger charge is 2.28. The second-order valence-corrected chi connectivity index (χ2v) is 8.40. The van der Waals surface area contributed by atoms with Crippen LogP contribution in [-0.4, -0.2) is 27.7 Å². The van der Waals surface area contributed by atoms with Crippen molar-refractivity contribution in [3.05, 3.63) is 83.4 Å².